The Morgan fingerprint density at radius 1 is 1.13 bits per heavy atom. The van der Waals surface area contributed by atoms with Crippen molar-refractivity contribution in [3.63, 3.8) is 0 Å². The fraction of sp³-hybridized carbons (Fsp3) is 0.158. The van der Waals surface area contributed by atoms with Crippen LogP contribution >= 0.6 is 11.6 Å². The van der Waals surface area contributed by atoms with Crippen molar-refractivity contribution in [1.82, 2.24) is 24.9 Å². The van der Waals surface area contributed by atoms with Crippen LogP contribution in [0.25, 0.3) is 21.0 Å². The van der Waals surface area contributed by atoms with Gasteiger partial charge in [0, 0.05) is 0 Å². The molecule has 0 radical (unpaired) electrons. The topological polar surface area (TPSA) is 103 Å². The van der Waals surface area contributed by atoms with E-state index in [9.17, 15) is 13.6 Å². The van der Waals surface area contributed by atoms with Gasteiger partial charge in [-0.2, -0.15) is 0 Å². The molecule has 0 aliphatic heterocycles. The number of halogens is 3. The van der Waals surface area contributed by atoms with E-state index >= 15 is 0 Å². The maximum absolute atomic E-state index is 13.2. The van der Waals surface area contributed by atoms with Crippen LogP contribution in [0.2, 0.25) is 5.28 Å². The van der Waals surface area contributed by atoms with Gasteiger partial charge < -0.3 is 0 Å². The Morgan fingerprint density at radius 3 is 2.68 bits per heavy atom. The number of rotatable bonds is 5. The average Bonchev–Trinajstić information content (AvgIpc) is 3.14. The summed E-state index contributed by atoms with van der Waals surface area (Å²) in [5, 5.41) is 2.85. The molecule has 158 valence electrons. The Hall–Kier alpha value is -3.01. The first-order valence-electron chi connectivity index (χ1n) is 8.75. The van der Waals surface area contributed by atoms with Gasteiger partial charge in [0.2, 0.25) is 0 Å². The first-order chi connectivity index (χ1) is 14.9. The van der Waals surface area contributed by atoms with Crippen LogP contribution in [0, 0.1) is 6.92 Å². The van der Waals surface area contributed by atoms with E-state index in [1.54, 1.807) is 13.0 Å². The number of amides is 1. The van der Waals surface area contributed by atoms with Crippen molar-refractivity contribution in [3.05, 3.63) is 53.0 Å². The van der Waals surface area contributed by atoms with E-state index in [1.165, 1.54) is 31.8 Å². The van der Waals surface area contributed by atoms with Crippen molar-refractivity contribution in [2.75, 3.05) is 12.4 Å². The third kappa shape index (κ3) is 4.39. The van der Waals surface area contributed by atoms with Crippen LogP contribution < -0.4 is 10.1 Å². The van der Waals surface area contributed by atoms with Crippen LogP contribution in [0.3, 0.4) is 0 Å². The Bertz CT molecular complexity index is 1300. The van der Waals surface area contributed by atoms with E-state index in [4.69, 9.17) is 16.3 Å². The number of ether oxygens (including phenoxy) is 1. The predicted octanol–water partition coefficient (Wildman–Crippen LogP) is 3.70. The number of fused-ring (bicyclic) bond motifs is 1. The molecule has 1 N–H and O–H groups in total. The SMILES string of the molecule is COc1cnc(C(F)F)cc1-c1cc(C)ncc1C(=O)Nc1nc2cnc(Cl)nc2[se]1. The summed E-state index contributed by atoms with van der Waals surface area (Å²) in [7, 11) is 1.40. The number of nitrogens with zero attached hydrogens (tertiary/aromatic N) is 5. The summed E-state index contributed by atoms with van der Waals surface area (Å²) in [6.07, 6.45) is 1.30. The second-order valence-electron chi connectivity index (χ2n) is 6.28. The van der Waals surface area contributed by atoms with Crippen molar-refractivity contribution in [1.29, 1.82) is 0 Å². The Labute approximate surface area is 185 Å². The molecule has 4 aromatic rings. The van der Waals surface area contributed by atoms with E-state index in [-0.39, 0.29) is 31.1 Å². The van der Waals surface area contributed by atoms with Crippen molar-refractivity contribution in [3.8, 4) is 16.9 Å². The number of hydrogen-bond acceptors (Lipinski definition) is 7. The Kier molecular flexibility index (Phi) is 5.90. The van der Waals surface area contributed by atoms with E-state index in [0.29, 0.717) is 31.4 Å². The van der Waals surface area contributed by atoms with E-state index < -0.39 is 18.0 Å². The average molecular weight is 510 g/mol. The Balaban J connectivity index is 1.76. The van der Waals surface area contributed by atoms with E-state index in [1.807, 2.05) is 0 Å². The number of pyridine rings is 2. The van der Waals surface area contributed by atoms with Crippen molar-refractivity contribution in [2.45, 2.75) is 13.3 Å². The fourth-order valence-electron chi connectivity index (χ4n) is 2.85. The predicted molar refractivity (Wildman–Crippen MR) is 111 cm³/mol. The molecule has 0 fully saturated rings. The molecule has 0 unspecified atom stereocenters. The van der Waals surface area contributed by atoms with Gasteiger partial charge in [-0.25, -0.2) is 0 Å². The minimum atomic E-state index is -2.77. The summed E-state index contributed by atoms with van der Waals surface area (Å²) in [4.78, 5) is 33.3. The number of carbonyl (C=O) groups excluding carboxylic acids is 1. The number of anilines is 1. The van der Waals surface area contributed by atoms with Crippen molar-refractivity contribution < 1.29 is 18.3 Å². The number of alkyl halides is 2. The summed E-state index contributed by atoms with van der Waals surface area (Å²) in [5.41, 5.74) is 1.59. The molecule has 4 heterocycles. The van der Waals surface area contributed by atoms with Crippen molar-refractivity contribution in [2.24, 2.45) is 0 Å². The molecule has 0 aromatic carbocycles. The van der Waals surface area contributed by atoms with Gasteiger partial charge in [-0.1, -0.05) is 0 Å². The third-order valence-electron chi connectivity index (χ3n) is 4.25. The van der Waals surface area contributed by atoms with Gasteiger partial charge in [0.05, 0.1) is 0 Å². The number of aromatic nitrogens is 5. The number of aryl methyl sites for hydroxylation is 1. The molecule has 12 heteroatoms. The van der Waals surface area contributed by atoms with Gasteiger partial charge in [-0.3, -0.25) is 0 Å². The van der Waals surface area contributed by atoms with Gasteiger partial charge in [0.15, 0.2) is 0 Å². The molecule has 8 nitrogen and oxygen atoms in total. The van der Waals surface area contributed by atoms with Gasteiger partial charge in [-0.05, 0) is 0 Å². The molecule has 4 rings (SSSR count). The molecule has 0 saturated carbocycles. The molecule has 31 heavy (non-hydrogen) atoms. The molecule has 0 aliphatic carbocycles. The Morgan fingerprint density at radius 2 is 1.94 bits per heavy atom. The maximum atomic E-state index is 13.2. The first kappa shape index (κ1) is 21.2. The second kappa shape index (κ2) is 8.62. The minimum absolute atomic E-state index is 0.105. The summed E-state index contributed by atoms with van der Waals surface area (Å²) in [6, 6.07) is 2.84. The van der Waals surface area contributed by atoms with Gasteiger partial charge >= 0.3 is 185 Å². The van der Waals surface area contributed by atoms with E-state index in [2.05, 4.69) is 30.2 Å². The van der Waals surface area contributed by atoms with Gasteiger partial charge in [0.1, 0.15) is 0 Å². The normalized spacial score (nSPS) is 11.2. The molecular weight excluding hydrogens is 497 g/mol. The quantitative estimate of drug-likeness (QED) is 0.323. The standard InChI is InChI=1S/C19H13ClF2N6O2Se/c1-8-3-9(10-4-12(15(21)22)24-7-14(10)30-2)11(5-23-8)16(29)27-19-26-13-6-25-18(20)28-17(13)31-19/h3-7,15H,1-2H3,(H,26,27,29). The van der Waals surface area contributed by atoms with Gasteiger partial charge in [0.25, 0.3) is 0 Å². The van der Waals surface area contributed by atoms with Crippen LogP contribution in [0.1, 0.15) is 28.2 Å². The zero-order valence-electron chi connectivity index (χ0n) is 16.1. The van der Waals surface area contributed by atoms with E-state index in [0.717, 1.165) is 0 Å². The number of nitrogens with one attached hydrogen (secondary N) is 1. The number of hydrogen-bond donors (Lipinski definition) is 1. The number of methoxy groups -OCH3 is 1. The molecule has 4 aromatic heterocycles. The summed E-state index contributed by atoms with van der Waals surface area (Å²) in [6.45, 7) is 1.73. The molecule has 0 aliphatic rings. The van der Waals surface area contributed by atoms with Gasteiger partial charge in [-0.15, -0.1) is 0 Å². The molecule has 1 amide bonds. The second-order valence-corrected chi connectivity index (χ2v) is 8.67. The van der Waals surface area contributed by atoms with Crippen LogP contribution in [-0.4, -0.2) is 52.4 Å². The molecule has 0 bridgehead atoms. The monoisotopic (exact) mass is 510 g/mol. The summed E-state index contributed by atoms with van der Waals surface area (Å²) in [5.74, 6) is -0.240. The van der Waals surface area contributed by atoms with Crippen LogP contribution in [-0.2, 0) is 0 Å². The molecular formula is C19H13ClF2N6O2Se. The summed E-state index contributed by atoms with van der Waals surface area (Å²) < 4.78 is 32.8. The zero-order chi connectivity index (χ0) is 22.1. The number of carbonyl (C=O) groups is 1. The molecule has 0 spiro atoms. The molecule has 0 saturated heterocycles. The molecule has 0 atom stereocenters. The van der Waals surface area contributed by atoms with Crippen LogP contribution in [0.15, 0.2) is 30.7 Å². The van der Waals surface area contributed by atoms with Crippen molar-refractivity contribution >= 4 is 46.6 Å². The third-order valence-corrected chi connectivity index (χ3v) is 6.28. The first-order valence-corrected chi connectivity index (χ1v) is 10.8. The van der Waals surface area contributed by atoms with Crippen LogP contribution in [0.4, 0.5) is 13.5 Å². The zero-order valence-corrected chi connectivity index (χ0v) is 18.5. The summed E-state index contributed by atoms with van der Waals surface area (Å²) >= 11 is 5.44. The van der Waals surface area contributed by atoms with Crippen LogP contribution in [0.5, 0.6) is 5.75 Å². The fourth-order valence-corrected chi connectivity index (χ4v) is 4.79.